The number of unbranched alkanes of at least 4 members (excludes halogenated alkanes) is 2. The van der Waals surface area contributed by atoms with Gasteiger partial charge < -0.3 is 51.5 Å². The van der Waals surface area contributed by atoms with Gasteiger partial charge in [0.05, 0.1) is 31.1 Å². The lowest BCUT2D eigenvalue weighted by Gasteiger charge is -2.44. The number of aliphatic hydroxyl groups is 3. The number of hydrogen-bond donors (Lipinski definition) is 8. The second-order valence-corrected chi connectivity index (χ2v) is 20.5. The number of ether oxygens (including phenoxy) is 1. The number of anilines is 1. The second-order valence-electron chi connectivity index (χ2n) is 18.9. The maximum atomic E-state index is 14.3. The highest BCUT2D eigenvalue weighted by Crippen LogP contribution is 2.36. The van der Waals surface area contributed by atoms with E-state index in [0.29, 0.717) is 48.8 Å². The van der Waals surface area contributed by atoms with Crippen molar-refractivity contribution < 1.29 is 58.1 Å². The molecule has 20 heteroatoms. The van der Waals surface area contributed by atoms with Crippen molar-refractivity contribution in [3.05, 3.63) is 42.0 Å². The number of primary amides is 1. The number of alkyl halides is 1. The molecule has 3 aliphatic heterocycles. The minimum atomic E-state index is -1.49. The number of amides is 7. The molecule has 12 atom stereocenters. The largest absolute Gasteiger partial charge is 0.388 e. The number of quaternary nitrogens is 1. The molecule has 0 spiro atoms. The number of rotatable bonds is 26. The smallest absolute Gasteiger partial charge is 0.312 e. The van der Waals surface area contributed by atoms with Gasteiger partial charge in [0.2, 0.25) is 11.8 Å². The number of nitrogens with two attached hydrogens (primary N) is 1. The zero-order valence-corrected chi connectivity index (χ0v) is 41.2. The molecule has 9 N–H and O–H groups in total. The van der Waals surface area contributed by atoms with Gasteiger partial charge >= 0.3 is 6.03 Å². The Morgan fingerprint density at radius 3 is 2.22 bits per heavy atom. The van der Waals surface area contributed by atoms with Crippen LogP contribution in [0.15, 0.2) is 36.4 Å². The van der Waals surface area contributed by atoms with E-state index in [1.807, 2.05) is 33.0 Å². The minimum absolute atomic E-state index is 0.145. The Hall–Kier alpha value is -4.11. The highest BCUT2D eigenvalue weighted by Gasteiger charge is 2.51. The molecule has 67 heavy (non-hydrogen) atoms. The zero-order chi connectivity index (χ0) is 49.6. The van der Waals surface area contributed by atoms with Gasteiger partial charge in [-0.25, -0.2) is 4.79 Å². The highest BCUT2D eigenvalue weighted by atomic mass is 35.5. The first-order valence-electron chi connectivity index (χ1n) is 23.5. The SMILES string of the molecule is CCC[C@@H]1C[C@@H](C(=O)NC([C@H](C)Cl)[C@H]2O[C@H](SC)[C@H](O)[C@@H](O)[C@H]2O)[N+](C)(Cc2ccc(NC(=O)[C@H](CCCNC(N)=O)CC(=O)[C@@H](NC(=O)CCCCCN3C(=O)C=CC3=O)C(C)C)cc2)C1. The summed E-state index contributed by atoms with van der Waals surface area (Å²) in [6.45, 7) is 9.09. The number of carbonyl (C=O) groups excluding carboxylic acids is 7. The van der Waals surface area contributed by atoms with Crippen LogP contribution in [0.25, 0.3) is 0 Å². The number of aliphatic hydroxyl groups excluding tert-OH is 3. The number of imide groups is 1. The number of carbonyl (C=O) groups is 7. The first-order chi connectivity index (χ1) is 31.7. The summed E-state index contributed by atoms with van der Waals surface area (Å²) in [5.41, 5.74) is 5.83. The predicted molar refractivity (Wildman–Crippen MR) is 255 cm³/mol. The van der Waals surface area contributed by atoms with Gasteiger partial charge in [0.25, 0.3) is 17.7 Å². The fraction of sp³-hybridized carbons (Fsp3) is 0.681. The van der Waals surface area contributed by atoms with Gasteiger partial charge in [-0.15, -0.1) is 23.4 Å². The van der Waals surface area contributed by atoms with Crippen molar-refractivity contribution in [1.29, 1.82) is 0 Å². The van der Waals surface area contributed by atoms with E-state index in [2.05, 4.69) is 28.2 Å². The van der Waals surface area contributed by atoms with E-state index in [0.717, 1.165) is 29.8 Å². The van der Waals surface area contributed by atoms with Crippen molar-refractivity contribution in [2.24, 2.45) is 23.5 Å². The molecule has 1 aromatic rings. The van der Waals surface area contributed by atoms with Crippen molar-refractivity contribution >= 4 is 70.4 Å². The molecule has 0 saturated carbocycles. The molecule has 3 heterocycles. The van der Waals surface area contributed by atoms with Gasteiger partial charge in [0.1, 0.15) is 36.4 Å². The summed E-state index contributed by atoms with van der Waals surface area (Å²) in [5.74, 6) is -2.79. The lowest BCUT2D eigenvalue weighted by Crippen LogP contribution is -2.66. The standard InChI is InChI=1S/C47H72ClN7O11S/c1-7-12-30-23-33(45(64)53-39(28(4)48)43-41(61)40(60)42(62)46(66-43)67-6)55(5,26-30)25-29-15-17-32(18-16-29)51-44(63)31(13-11-21-50-47(49)65)24-34(56)38(27(2)3)52-35(57)14-9-8-10-22-54-36(58)19-20-37(54)59/h15-20,27-28,30-31,33,38-43,46,60-62H,7-14,21-26H2,1-6H3,(H5-,49,50,51,52,53,57,63,64,65)/p+1/t28-,30+,31+,33-,38-,39?,40-,41+,42+,43+,46+,55?/m0/s1. The van der Waals surface area contributed by atoms with Gasteiger partial charge in [0.15, 0.2) is 11.8 Å². The molecule has 4 rings (SSSR count). The van der Waals surface area contributed by atoms with Crippen LogP contribution in [-0.2, 0) is 40.0 Å². The highest BCUT2D eigenvalue weighted by molar-refractivity contribution is 7.99. The van der Waals surface area contributed by atoms with Crippen molar-refractivity contribution in [3.63, 3.8) is 0 Å². The molecule has 0 radical (unpaired) electrons. The number of halogens is 1. The molecular formula is C47H73ClN7O11S+. The van der Waals surface area contributed by atoms with Crippen LogP contribution in [-0.4, -0.2) is 152 Å². The predicted octanol–water partition coefficient (Wildman–Crippen LogP) is 2.69. The third-order valence-corrected chi connectivity index (χ3v) is 14.2. The number of urea groups is 1. The molecule has 2 unspecified atom stereocenters. The number of thioether (sulfide) groups is 1. The summed E-state index contributed by atoms with van der Waals surface area (Å²) in [5, 5.41) is 42.7. The average Bonchev–Trinajstić information content (AvgIpc) is 3.77. The first kappa shape index (κ1) is 55.5. The average molecular weight is 980 g/mol. The molecule has 3 aliphatic rings. The van der Waals surface area contributed by atoms with Crippen LogP contribution in [0.3, 0.4) is 0 Å². The van der Waals surface area contributed by atoms with E-state index in [1.54, 1.807) is 25.3 Å². The number of nitrogens with one attached hydrogen (secondary N) is 4. The first-order valence-corrected chi connectivity index (χ1v) is 25.2. The van der Waals surface area contributed by atoms with E-state index in [-0.39, 0.29) is 73.6 Å². The third kappa shape index (κ3) is 15.7. The number of hydrogen-bond acceptors (Lipinski definition) is 12. The maximum Gasteiger partial charge on any atom is 0.312 e. The molecule has 0 aromatic heterocycles. The quantitative estimate of drug-likeness (QED) is 0.0289. The van der Waals surface area contributed by atoms with E-state index < -0.39 is 71.2 Å². The second kappa shape index (κ2) is 26.0. The van der Waals surface area contributed by atoms with Crippen molar-refractivity contribution in [3.8, 4) is 0 Å². The van der Waals surface area contributed by atoms with Gasteiger partial charge in [-0.05, 0) is 63.3 Å². The van der Waals surface area contributed by atoms with Crippen LogP contribution in [0.2, 0.25) is 0 Å². The normalized spacial score (nSPS) is 26.8. The Balaban J connectivity index is 1.40. The van der Waals surface area contributed by atoms with E-state index >= 15 is 0 Å². The summed E-state index contributed by atoms with van der Waals surface area (Å²) in [6.07, 6.45) is 3.55. The fourth-order valence-electron chi connectivity index (χ4n) is 9.49. The molecule has 1 aromatic carbocycles. The van der Waals surface area contributed by atoms with Gasteiger partial charge in [-0.1, -0.05) is 45.7 Å². The molecule has 2 fully saturated rings. The lowest BCUT2D eigenvalue weighted by molar-refractivity contribution is -0.926. The molecule has 0 bridgehead atoms. The monoisotopic (exact) mass is 978 g/mol. The Morgan fingerprint density at radius 2 is 1.63 bits per heavy atom. The Labute approximate surface area is 403 Å². The van der Waals surface area contributed by atoms with Crippen molar-refractivity contribution in [1.82, 2.24) is 20.9 Å². The molecular weight excluding hydrogens is 906 g/mol. The Bertz CT molecular complexity index is 1890. The van der Waals surface area contributed by atoms with Crippen molar-refractivity contribution in [2.75, 3.05) is 38.3 Å². The Kier molecular flexibility index (Phi) is 21.6. The van der Waals surface area contributed by atoms with E-state index in [4.69, 9.17) is 22.1 Å². The number of likely N-dealkylation sites (N-methyl/N-ethyl adjacent to an activating group) is 1. The van der Waals surface area contributed by atoms with Crippen molar-refractivity contribution in [2.45, 2.75) is 152 Å². The topological polar surface area (TPSA) is 267 Å². The molecule has 18 nitrogen and oxygen atoms in total. The summed E-state index contributed by atoms with van der Waals surface area (Å²) in [4.78, 5) is 91.0. The number of ketones is 1. The number of Topliss-reactive ketones (excluding diaryl/α,β-unsaturated/α-hetero) is 1. The van der Waals surface area contributed by atoms with Crippen LogP contribution in [0.5, 0.6) is 0 Å². The van der Waals surface area contributed by atoms with Gasteiger partial charge in [-0.2, -0.15) is 0 Å². The maximum absolute atomic E-state index is 14.3. The zero-order valence-electron chi connectivity index (χ0n) is 39.7. The summed E-state index contributed by atoms with van der Waals surface area (Å²) >= 11 is 7.80. The number of benzene rings is 1. The van der Waals surface area contributed by atoms with Gasteiger partial charge in [0, 0.05) is 67.6 Å². The van der Waals surface area contributed by atoms with Gasteiger partial charge in [-0.3, -0.25) is 33.7 Å². The number of likely N-dealkylation sites (tertiary alicyclic amines) is 1. The number of nitrogens with zero attached hydrogens (tertiary/aromatic N) is 2. The molecule has 374 valence electrons. The molecule has 0 aliphatic carbocycles. The lowest BCUT2D eigenvalue weighted by atomic mass is 9.89. The van der Waals surface area contributed by atoms with E-state index in [9.17, 15) is 48.9 Å². The van der Waals surface area contributed by atoms with E-state index in [1.165, 1.54) is 23.9 Å². The van der Waals surface area contributed by atoms with Crippen LogP contribution < -0.4 is 27.0 Å². The molecule has 2 saturated heterocycles. The third-order valence-electron chi connectivity index (χ3n) is 13.1. The van der Waals surface area contributed by atoms with Crippen LogP contribution in [0.1, 0.15) is 97.5 Å². The Morgan fingerprint density at radius 1 is 0.955 bits per heavy atom. The van der Waals surface area contributed by atoms with Crippen LogP contribution in [0, 0.1) is 17.8 Å². The summed E-state index contributed by atoms with van der Waals surface area (Å²) < 4.78 is 6.38. The summed E-state index contributed by atoms with van der Waals surface area (Å²) in [7, 11) is 2.04. The fourth-order valence-corrected chi connectivity index (χ4v) is 10.4. The van der Waals surface area contributed by atoms with Crippen LogP contribution >= 0.6 is 23.4 Å². The summed E-state index contributed by atoms with van der Waals surface area (Å²) in [6, 6.07) is 4.41. The minimum Gasteiger partial charge on any atom is -0.388 e. The van der Waals surface area contributed by atoms with Crippen LogP contribution in [0.4, 0.5) is 10.5 Å². The molecule has 7 amide bonds.